The number of carbonyl (C=O) groups is 1. The van der Waals surface area contributed by atoms with Gasteiger partial charge in [0, 0.05) is 31.0 Å². The van der Waals surface area contributed by atoms with Crippen LogP contribution < -0.4 is 10.6 Å². The van der Waals surface area contributed by atoms with E-state index < -0.39 is 0 Å². The molecule has 0 fully saturated rings. The van der Waals surface area contributed by atoms with E-state index in [1.165, 1.54) is 0 Å². The minimum atomic E-state index is -0.260. The van der Waals surface area contributed by atoms with E-state index in [-0.39, 0.29) is 6.03 Å². The normalized spacial score (nSPS) is 10.5. The number of nitrogens with zero attached hydrogens (tertiary/aromatic N) is 3. The predicted octanol–water partition coefficient (Wildman–Crippen LogP) is 2.57. The van der Waals surface area contributed by atoms with Gasteiger partial charge in [0.15, 0.2) is 0 Å². The Morgan fingerprint density at radius 2 is 2.05 bits per heavy atom. The molecule has 0 aliphatic rings. The first-order chi connectivity index (χ1) is 10.5. The highest BCUT2D eigenvalue weighted by Crippen LogP contribution is 2.15. The number of amides is 2. The van der Waals surface area contributed by atoms with Crippen LogP contribution in [0.4, 0.5) is 10.6 Å². The third-order valence-electron chi connectivity index (χ3n) is 3.61. The molecule has 0 atom stereocenters. The Morgan fingerprint density at radius 3 is 2.64 bits per heavy atom. The molecule has 0 radical (unpaired) electrons. The van der Waals surface area contributed by atoms with Gasteiger partial charge in [-0.15, -0.1) is 0 Å². The van der Waals surface area contributed by atoms with Gasteiger partial charge in [-0.2, -0.15) is 5.10 Å². The number of hydrogen-bond donors (Lipinski definition) is 2. The van der Waals surface area contributed by atoms with E-state index in [0.717, 1.165) is 35.4 Å². The molecule has 118 valence electrons. The van der Waals surface area contributed by atoms with Crippen molar-refractivity contribution in [3.8, 4) is 0 Å². The van der Waals surface area contributed by atoms with Gasteiger partial charge in [0.2, 0.25) is 0 Å². The number of aryl methyl sites for hydroxylation is 3. The maximum absolute atomic E-state index is 12.0. The third-order valence-corrected chi connectivity index (χ3v) is 3.61. The van der Waals surface area contributed by atoms with Crippen molar-refractivity contribution in [2.75, 3.05) is 5.32 Å². The zero-order chi connectivity index (χ0) is 16.1. The molecule has 0 saturated heterocycles. The largest absolute Gasteiger partial charge is 0.334 e. The van der Waals surface area contributed by atoms with Crippen molar-refractivity contribution >= 4 is 11.8 Å². The quantitative estimate of drug-likeness (QED) is 0.891. The van der Waals surface area contributed by atoms with E-state index in [2.05, 4.69) is 34.6 Å². The topological polar surface area (TPSA) is 71.8 Å². The summed E-state index contributed by atoms with van der Waals surface area (Å²) in [6, 6.07) is 3.44. The number of hydrogen-bond acceptors (Lipinski definition) is 3. The van der Waals surface area contributed by atoms with Crippen molar-refractivity contribution in [2.24, 2.45) is 7.05 Å². The van der Waals surface area contributed by atoms with Gasteiger partial charge in [-0.05, 0) is 31.4 Å². The van der Waals surface area contributed by atoms with Crippen LogP contribution >= 0.6 is 0 Å². The Labute approximate surface area is 130 Å². The molecular formula is C16H23N5O. The molecule has 2 heterocycles. The average molecular weight is 301 g/mol. The van der Waals surface area contributed by atoms with Crippen molar-refractivity contribution in [3.05, 3.63) is 40.8 Å². The highest BCUT2D eigenvalue weighted by molar-refractivity contribution is 5.88. The number of nitrogens with one attached hydrogen (secondary N) is 2. The Morgan fingerprint density at radius 1 is 1.27 bits per heavy atom. The second-order valence-electron chi connectivity index (χ2n) is 5.23. The Kier molecular flexibility index (Phi) is 5.14. The minimum Gasteiger partial charge on any atom is -0.334 e. The molecular weight excluding hydrogens is 278 g/mol. The summed E-state index contributed by atoms with van der Waals surface area (Å²) in [6.45, 7) is 6.59. The molecule has 6 nitrogen and oxygen atoms in total. The second kappa shape index (κ2) is 7.06. The summed E-state index contributed by atoms with van der Waals surface area (Å²) in [4.78, 5) is 16.1. The van der Waals surface area contributed by atoms with E-state index in [9.17, 15) is 4.79 Å². The molecule has 0 saturated carbocycles. The maximum atomic E-state index is 12.0. The molecule has 2 amide bonds. The van der Waals surface area contributed by atoms with Crippen LogP contribution in [0, 0.1) is 6.92 Å². The van der Waals surface area contributed by atoms with Gasteiger partial charge < -0.3 is 5.32 Å². The molecule has 0 aliphatic carbocycles. The number of urea groups is 1. The summed E-state index contributed by atoms with van der Waals surface area (Å²) in [6.07, 6.45) is 3.47. The van der Waals surface area contributed by atoms with Gasteiger partial charge in [0.25, 0.3) is 0 Å². The Hall–Kier alpha value is -2.37. The molecule has 2 aromatic heterocycles. The summed E-state index contributed by atoms with van der Waals surface area (Å²) >= 11 is 0. The lowest BCUT2D eigenvalue weighted by Crippen LogP contribution is -2.29. The molecule has 0 bridgehead atoms. The summed E-state index contributed by atoms with van der Waals surface area (Å²) in [5.74, 6) is 0.542. The van der Waals surface area contributed by atoms with Crippen LogP contribution in [0.15, 0.2) is 18.3 Å². The van der Waals surface area contributed by atoms with E-state index in [1.54, 1.807) is 12.3 Å². The molecule has 22 heavy (non-hydrogen) atoms. The lowest BCUT2D eigenvalue weighted by molar-refractivity contribution is 0.251. The highest BCUT2D eigenvalue weighted by Gasteiger charge is 2.14. The van der Waals surface area contributed by atoms with Gasteiger partial charge in [-0.3, -0.25) is 10.00 Å². The first-order valence-electron chi connectivity index (χ1n) is 7.56. The number of aromatic nitrogens is 3. The molecule has 0 aliphatic heterocycles. The highest BCUT2D eigenvalue weighted by atomic mass is 16.2. The SMILES string of the molecule is CCc1nn(C)c(CC)c1CNC(=O)Nc1ccc(C)cn1. The van der Waals surface area contributed by atoms with Crippen molar-refractivity contribution < 1.29 is 4.79 Å². The molecule has 6 heteroatoms. The third kappa shape index (κ3) is 3.63. The standard InChI is InChI=1S/C16H23N5O/c1-5-13-12(14(6-2)21(4)20-13)10-18-16(22)19-15-8-7-11(3)9-17-15/h7-9H,5-6,10H2,1-4H3,(H2,17,18,19,22). The van der Waals surface area contributed by atoms with E-state index in [1.807, 2.05) is 24.7 Å². The van der Waals surface area contributed by atoms with E-state index >= 15 is 0 Å². The van der Waals surface area contributed by atoms with Crippen molar-refractivity contribution in [3.63, 3.8) is 0 Å². The van der Waals surface area contributed by atoms with Gasteiger partial charge in [-0.1, -0.05) is 19.9 Å². The van der Waals surface area contributed by atoms with Crippen LogP contribution in [0.1, 0.15) is 36.4 Å². The van der Waals surface area contributed by atoms with Crippen LogP contribution in [-0.2, 0) is 26.4 Å². The monoisotopic (exact) mass is 301 g/mol. The zero-order valence-corrected chi connectivity index (χ0v) is 13.6. The molecule has 2 rings (SSSR count). The lowest BCUT2D eigenvalue weighted by Gasteiger charge is -2.09. The maximum Gasteiger partial charge on any atom is 0.320 e. The first-order valence-corrected chi connectivity index (χ1v) is 7.56. The van der Waals surface area contributed by atoms with E-state index in [0.29, 0.717) is 12.4 Å². The lowest BCUT2D eigenvalue weighted by atomic mass is 10.1. The van der Waals surface area contributed by atoms with Gasteiger partial charge >= 0.3 is 6.03 Å². The van der Waals surface area contributed by atoms with Crippen molar-refractivity contribution in [2.45, 2.75) is 40.2 Å². The Balaban J connectivity index is 2.00. The van der Waals surface area contributed by atoms with Gasteiger partial charge in [0.05, 0.1) is 5.69 Å². The fourth-order valence-corrected chi connectivity index (χ4v) is 2.46. The van der Waals surface area contributed by atoms with Crippen LogP contribution in [0.3, 0.4) is 0 Å². The van der Waals surface area contributed by atoms with Crippen molar-refractivity contribution in [1.29, 1.82) is 0 Å². The molecule has 0 aromatic carbocycles. The summed E-state index contributed by atoms with van der Waals surface area (Å²) in [7, 11) is 1.94. The smallest absolute Gasteiger partial charge is 0.320 e. The summed E-state index contributed by atoms with van der Waals surface area (Å²) < 4.78 is 1.90. The number of anilines is 1. The van der Waals surface area contributed by atoms with Crippen LogP contribution in [0.2, 0.25) is 0 Å². The van der Waals surface area contributed by atoms with Crippen LogP contribution in [-0.4, -0.2) is 20.8 Å². The fraction of sp³-hybridized carbons (Fsp3) is 0.438. The van der Waals surface area contributed by atoms with Gasteiger partial charge in [0.1, 0.15) is 5.82 Å². The summed E-state index contributed by atoms with van der Waals surface area (Å²) in [5, 5.41) is 10.1. The predicted molar refractivity (Wildman–Crippen MR) is 86.8 cm³/mol. The van der Waals surface area contributed by atoms with Crippen LogP contribution in [0.25, 0.3) is 0 Å². The minimum absolute atomic E-state index is 0.260. The van der Waals surface area contributed by atoms with E-state index in [4.69, 9.17) is 0 Å². The molecule has 0 spiro atoms. The first kappa shape index (κ1) is 16.0. The molecule has 2 aromatic rings. The van der Waals surface area contributed by atoms with Crippen molar-refractivity contribution in [1.82, 2.24) is 20.1 Å². The zero-order valence-electron chi connectivity index (χ0n) is 13.6. The molecule has 0 unspecified atom stereocenters. The number of rotatable bonds is 5. The number of pyridine rings is 1. The number of carbonyl (C=O) groups excluding carboxylic acids is 1. The second-order valence-corrected chi connectivity index (χ2v) is 5.23. The Bertz CT molecular complexity index is 645. The summed E-state index contributed by atoms with van der Waals surface area (Å²) in [5.41, 5.74) is 4.36. The average Bonchev–Trinajstić information content (AvgIpc) is 2.82. The van der Waals surface area contributed by atoms with Crippen LogP contribution in [0.5, 0.6) is 0 Å². The fourth-order valence-electron chi connectivity index (χ4n) is 2.46. The van der Waals surface area contributed by atoms with Gasteiger partial charge in [-0.25, -0.2) is 9.78 Å². The molecule has 2 N–H and O–H groups in total.